The van der Waals surface area contributed by atoms with Gasteiger partial charge in [0.2, 0.25) is 0 Å². The molecule has 100 valence electrons. The highest BCUT2D eigenvalue weighted by Crippen LogP contribution is 2.16. The van der Waals surface area contributed by atoms with E-state index in [2.05, 4.69) is 12.1 Å². The second-order valence-corrected chi connectivity index (χ2v) is 5.82. The van der Waals surface area contributed by atoms with Gasteiger partial charge in [0, 0.05) is 5.75 Å². The summed E-state index contributed by atoms with van der Waals surface area (Å²) in [5.74, 6) is 1.14. The molecule has 0 saturated carbocycles. The smallest absolute Gasteiger partial charge is 0.323 e. The maximum atomic E-state index is 10.8. The fourth-order valence-electron chi connectivity index (χ4n) is 1.57. The van der Waals surface area contributed by atoms with E-state index in [1.54, 1.807) is 6.92 Å². The minimum atomic E-state index is -1.08. The molecule has 0 aliphatic rings. The van der Waals surface area contributed by atoms with Gasteiger partial charge in [-0.2, -0.15) is 11.8 Å². The van der Waals surface area contributed by atoms with Crippen LogP contribution in [-0.4, -0.2) is 22.4 Å². The molecule has 0 heterocycles. The monoisotopic (exact) mass is 267 g/mol. The Morgan fingerprint density at radius 1 is 1.33 bits per heavy atom. The molecule has 1 atom stereocenters. The number of carboxylic acid groups (broad SMARTS) is 1. The Kier molecular flexibility index (Phi) is 6.22. The van der Waals surface area contributed by atoms with Crippen LogP contribution in [0.5, 0.6) is 0 Å². The predicted molar refractivity (Wildman–Crippen MR) is 76.7 cm³/mol. The zero-order valence-corrected chi connectivity index (χ0v) is 11.6. The van der Waals surface area contributed by atoms with Gasteiger partial charge in [-0.1, -0.05) is 36.8 Å². The third kappa shape index (κ3) is 5.56. The molecule has 4 heteroatoms. The Morgan fingerprint density at radius 3 is 2.61 bits per heavy atom. The third-order valence-electron chi connectivity index (χ3n) is 2.83. The highest BCUT2D eigenvalue weighted by molar-refractivity contribution is 7.98. The minimum absolute atomic E-state index is 0.536. The van der Waals surface area contributed by atoms with E-state index < -0.39 is 11.5 Å². The Labute approximate surface area is 113 Å². The first-order valence-electron chi connectivity index (χ1n) is 6.16. The summed E-state index contributed by atoms with van der Waals surface area (Å²) in [5, 5.41) is 8.86. The third-order valence-corrected chi connectivity index (χ3v) is 3.95. The summed E-state index contributed by atoms with van der Waals surface area (Å²) in [4.78, 5) is 10.8. The number of carbonyl (C=O) groups is 1. The standard InChI is InChI=1S/C14H21NO2S/c1-14(15,13(16)17)9-5-6-10-18-11-12-7-3-2-4-8-12/h2-4,7-8H,5-6,9-11,15H2,1H3,(H,16,17). The van der Waals surface area contributed by atoms with Crippen molar-refractivity contribution in [2.24, 2.45) is 5.73 Å². The van der Waals surface area contributed by atoms with Gasteiger partial charge in [0.1, 0.15) is 5.54 Å². The Bertz CT molecular complexity index is 365. The molecule has 0 aliphatic carbocycles. The van der Waals surface area contributed by atoms with E-state index >= 15 is 0 Å². The summed E-state index contributed by atoms with van der Waals surface area (Å²) in [7, 11) is 0. The van der Waals surface area contributed by atoms with Crippen LogP contribution < -0.4 is 5.73 Å². The maximum Gasteiger partial charge on any atom is 0.323 e. The van der Waals surface area contributed by atoms with Crippen LogP contribution in [0, 0.1) is 0 Å². The largest absolute Gasteiger partial charge is 0.480 e. The van der Waals surface area contributed by atoms with Crippen molar-refractivity contribution in [2.75, 3.05) is 5.75 Å². The Balaban J connectivity index is 2.08. The SMILES string of the molecule is CC(N)(CCCCSCc1ccccc1)C(=O)O. The van der Waals surface area contributed by atoms with Gasteiger partial charge in [-0.3, -0.25) is 4.79 Å². The van der Waals surface area contributed by atoms with E-state index in [9.17, 15) is 4.79 Å². The molecular formula is C14H21NO2S. The Morgan fingerprint density at radius 2 is 2.00 bits per heavy atom. The van der Waals surface area contributed by atoms with Gasteiger partial charge in [0.25, 0.3) is 0 Å². The average Bonchev–Trinajstić information content (AvgIpc) is 2.34. The highest BCUT2D eigenvalue weighted by atomic mass is 32.2. The molecule has 0 amide bonds. The number of thioether (sulfide) groups is 1. The minimum Gasteiger partial charge on any atom is -0.480 e. The van der Waals surface area contributed by atoms with Crippen LogP contribution in [0.15, 0.2) is 30.3 Å². The number of unbranched alkanes of at least 4 members (excludes halogenated alkanes) is 1. The average molecular weight is 267 g/mol. The van der Waals surface area contributed by atoms with Crippen molar-refractivity contribution in [3.05, 3.63) is 35.9 Å². The molecule has 3 nitrogen and oxygen atoms in total. The first kappa shape index (κ1) is 15.1. The lowest BCUT2D eigenvalue weighted by molar-refractivity contribution is -0.142. The van der Waals surface area contributed by atoms with Gasteiger partial charge in [0.15, 0.2) is 0 Å². The highest BCUT2D eigenvalue weighted by Gasteiger charge is 2.26. The maximum absolute atomic E-state index is 10.8. The predicted octanol–water partition coefficient (Wildman–Crippen LogP) is 2.89. The molecule has 3 N–H and O–H groups in total. The molecule has 0 bridgehead atoms. The lowest BCUT2D eigenvalue weighted by atomic mass is 9.97. The number of carboxylic acids is 1. The molecule has 0 aromatic heterocycles. The van der Waals surface area contributed by atoms with E-state index in [1.165, 1.54) is 5.56 Å². The van der Waals surface area contributed by atoms with E-state index in [1.807, 2.05) is 30.0 Å². The van der Waals surface area contributed by atoms with Crippen LogP contribution in [0.3, 0.4) is 0 Å². The lowest BCUT2D eigenvalue weighted by Gasteiger charge is -2.18. The summed E-state index contributed by atoms with van der Waals surface area (Å²) in [5.41, 5.74) is 5.91. The molecular weight excluding hydrogens is 246 g/mol. The number of hydrogen-bond acceptors (Lipinski definition) is 3. The summed E-state index contributed by atoms with van der Waals surface area (Å²) >= 11 is 1.88. The second-order valence-electron chi connectivity index (χ2n) is 4.72. The van der Waals surface area contributed by atoms with Crippen LogP contribution in [0.4, 0.5) is 0 Å². The van der Waals surface area contributed by atoms with Crippen LogP contribution >= 0.6 is 11.8 Å². The Hall–Kier alpha value is -1.00. The molecule has 18 heavy (non-hydrogen) atoms. The van der Waals surface area contributed by atoms with Gasteiger partial charge >= 0.3 is 5.97 Å². The molecule has 1 unspecified atom stereocenters. The van der Waals surface area contributed by atoms with E-state index in [0.717, 1.165) is 24.3 Å². The summed E-state index contributed by atoms with van der Waals surface area (Å²) in [6, 6.07) is 10.3. The number of aliphatic carboxylic acids is 1. The van der Waals surface area contributed by atoms with Crippen molar-refractivity contribution in [1.29, 1.82) is 0 Å². The van der Waals surface area contributed by atoms with Crippen LogP contribution in [-0.2, 0) is 10.5 Å². The fourth-order valence-corrected chi connectivity index (χ4v) is 2.55. The van der Waals surface area contributed by atoms with Crippen LogP contribution in [0.1, 0.15) is 31.7 Å². The number of rotatable bonds is 8. The van der Waals surface area contributed by atoms with Crippen molar-refractivity contribution in [3.8, 4) is 0 Å². The summed E-state index contributed by atoms with van der Waals surface area (Å²) in [6.45, 7) is 1.58. The van der Waals surface area contributed by atoms with Gasteiger partial charge in [-0.25, -0.2) is 0 Å². The zero-order valence-electron chi connectivity index (χ0n) is 10.8. The molecule has 0 fully saturated rings. The van der Waals surface area contributed by atoms with Crippen LogP contribution in [0.2, 0.25) is 0 Å². The molecule has 0 radical (unpaired) electrons. The van der Waals surface area contributed by atoms with Crippen molar-refractivity contribution >= 4 is 17.7 Å². The van der Waals surface area contributed by atoms with Gasteiger partial charge < -0.3 is 10.8 Å². The normalized spacial score (nSPS) is 14.1. The first-order chi connectivity index (χ1) is 8.52. The first-order valence-corrected chi connectivity index (χ1v) is 7.32. The van der Waals surface area contributed by atoms with E-state index in [4.69, 9.17) is 10.8 Å². The summed E-state index contributed by atoms with van der Waals surface area (Å²) < 4.78 is 0. The van der Waals surface area contributed by atoms with Gasteiger partial charge in [0.05, 0.1) is 0 Å². The summed E-state index contributed by atoms with van der Waals surface area (Å²) in [6.07, 6.45) is 2.41. The topological polar surface area (TPSA) is 63.3 Å². The van der Waals surface area contributed by atoms with Crippen LogP contribution in [0.25, 0.3) is 0 Å². The lowest BCUT2D eigenvalue weighted by Crippen LogP contribution is -2.44. The fraction of sp³-hybridized carbons (Fsp3) is 0.500. The van der Waals surface area contributed by atoms with E-state index in [-0.39, 0.29) is 0 Å². The number of benzene rings is 1. The number of hydrogen-bond donors (Lipinski definition) is 2. The molecule has 0 aliphatic heterocycles. The zero-order chi connectivity index (χ0) is 13.4. The van der Waals surface area contributed by atoms with Crippen molar-refractivity contribution in [1.82, 2.24) is 0 Å². The quantitative estimate of drug-likeness (QED) is 0.711. The van der Waals surface area contributed by atoms with Crippen molar-refractivity contribution in [3.63, 3.8) is 0 Å². The van der Waals surface area contributed by atoms with Crippen molar-refractivity contribution < 1.29 is 9.90 Å². The van der Waals surface area contributed by atoms with Gasteiger partial charge in [-0.05, 0) is 31.1 Å². The molecule has 1 aromatic rings. The number of nitrogens with two attached hydrogens (primary N) is 1. The van der Waals surface area contributed by atoms with E-state index in [0.29, 0.717) is 6.42 Å². The van der Waals surface area contributed by atoms with Crippen molar-refractivity contribution in [2.45, 2.75) is 37.5 Å². The molecule has 0 spiro atoms. The molecule has 1 aromatic carbocycles. The van der Waals surface area contributed by atoms with Gasteiger partial charge in [-0.15, -0.1) is 0 Å². The molecule has 0 saturated heterocycles. The second kappa shape index (κ2) is 7.44. The molecule has 1 rings (SSSR count).